The summed E-state index contributed by atoms with van der Waals surface area (Å²) in [4.78, 5) is 42.9. The lowest BCUT2D eigenvalue weighted by atomic mass is 10.0. The van der Waals surface area contributed by atoms with Crippen molar-refractivity contribution < 1.29 is 18.4 Å². The van der Waals surface area contributed by atoms with Gasteiger partial charge in [0, 0.05) is 75.4 Å². The first-order valence-corrected chi connectivity index (χ1v) is 12.5. The number of anilines is 2. The van der Waals surface area contributed by atoms with Crippen LogP contribution in [-0.4, -0.2) is 81.1 Å². The van der Waals surface area contributed by atoms with E-state index in [1.807, 2.05) is 17.0 Å². The SMILES string of the molecule is CC(F)(F)C(=O)C1Cc2ccc(cn2)-c2ccnc(n2)Nc2cccc(c2)CN2CCN(CC2)CC(=O)N1. The van der Waals surface area contributed by atoms with Crippen LogP contribution < -0.4 is 10.6 Å². The molecule has 7 heterocycles. The number of rotatable bonds is 2. The number of ketones is 1. The summed E-state index contributed by atoms with van der Waals surface area (Å²) >= 11 is 0. The van der Waals surface area contributed by atoms with Gasteiger partial charge in [0.2, 0.25) is 17.6 Å². The first kappa shape index (κ1) is 25.8. The standard InChI is InChI=1S/C27H29F2N7O2/c1-27(28,29)25(38)23-14-20-6-5-19(15-31-20)22-7-8-30-26(34-22)32-21-4-2-3-18(13-21)16-35-9-11-36(12-10-35)17-24(37)33-23/h2-8,13,15,23H,9-12,14,16-17H2,1H3,(H,33,37)(H,30,32,34). The molecule has 1 aromatic carbocycles. The van der Waals surface area contributed by atoms with Crippen molar-refractivity contribution in [2.45, 2.75) is 31.9 Å². The predicted octanol–water partition coefficient (Wildman–Crippen LogP) is 2.66. The fourth-order valence-electron chi connectivity index (χ4n) is 4.68. The van der Waals surface area contributed by atoms with Crippen molar-refractivity contribution in [2.24, 2.45) is 0 Å². The van der Waals surface area contributed by atoms with E-state index < -0.39 is 23.7 Å². The van der Waals surface area contributed by atoms with Gasteiger partial charge < -0.3 is 10.6 Å². The van der Waals surface area contributed by atoms with Crippen molar-refractivity contribution in [2.75, 3.05) is 38.0 Å². The van der Waals surface area contributed by atoms with Crippen LogP contribution in [0.1, 0.15) is 18.2 Å². The van der Waals surface area contributed by atoms with Gasteiger partial charge in [0.25, 0.3) is 0 Å². The summed E-state index contributed by atoms with van der Waals surface area (Å²) < 4.78 is 28.0. The highest BCUT2D eigenvalue weighted by molar-refractivity contribution is 5.94. The normalized spacial score (nSPS) is 22.2. The largest absolute Gasteiger partial charge is 0.345 e. The van der Waals surface area contributed by atoms with E-state index in [2.05, 4.69) is 42.6 Å². The summed E-state index contributed by atoms with van der Waals surface area (Å²) in [5, 5.41) is 5.80. The Balaban J connectivity index is 1.46. The van der Waals surface area contributed by atoms with Crippen molar-refractivity contribution in [1.29, 1.82) is 0 Å². The van der Waals surface area contributed by atoms with Crippen LogP contribution in [-0.2, 0) is 22.6 Å². The second-order valence-electron chi connectivity index (χ2n) is 9.76. The number of benzene rings is 1. The number of carbonyl (C=O) groups excluding carboxylic acids is 2. The number of alkyl halides is 2. The Labute approximate surface area is 219 Å². The highest BCUT2D eigenvalue weighted by Crippen LogP contribution is 2.22. The van der Waals surface area contributed by atoms with Crippen molar-refractivity contribution in [3.63, 3.8) is 0 Å². The molecule has 8 rings (SSSR count). The van der Waals surface area contributed by atoms with E-state index in [9.17, 15) is 18.4 Å². The molecule has 1 saturated heterocycles. The minimum Gasteiger partial charge on any atom is -0.345 e. The molecule has 198 valence electrons. The second kappa shape index (κ2) is 10.9. The van der Waals surface area contributed by atoms with E-state index in [0.29, 0.717) is 42.9 Å². The van der Waals surface area contributed by atoms with Gasteiger partial charge >= 0.3 is 5.92 Å². The van der Waals surface area contributed by atoms with E-state index in [4.69, 9.17) is 0 Å². The van der Waals surface area contributed by atoms with Gasteiger partial charge in [0.15, 0.2) is 0 Å². The molecule has 0 aliphatic carbocycles. The first-order chi connectivity index (χ1) is 18.2. The van der Waals surface area contributed by atoms with Gasteiger partial charge in [0.1, 0.15) is 0 Å². The zero-order chi connectivity index (χ0) is 26.7. The third-order valence-electron chi connectivity index (χ3n) is 6.70. The topological polar surface area (TPSA) is 103 Å². The fraction of sp³-hybridized carbons (Fsp3) is 0.370. The van der Waals surface area contributed by atoms with Crippen molar-refractivity contribution in [3.8, 4) is 11.3 Å². The molecule has 8 bridgehead atoms. The van der Waals surface area contributed by atoms with E-state index in [0.717, 1.165) is 30.9 Å². The Hall–Kier alpha value is -3.83. The van der Waals surface area contributed by atoms with Crippen LogP contribution in [0.4, 0.5) is 20.4 Å². The number of carbonyl (C=O) groups is 2. The van der Waals surface area contributed by atoms with E-state index in [1.165, 1.54) is 0 Å². The molecule has 1 atom stereocenters. The molecule has 0 saturated carbocycles. The quantitative estimate of drug-likeness (QED) is 0.531. The van der Waals surface area contributed by atoms with E-state index >= 15 is 0 Å². The van der Waals surface area contributed by atoms with Crippen LogP contribution in [0, 0.1) is 0 Å². The Morgan fingerprint density at radius 1 is 1.03 bits per heavy atom. The summed E-state index contributed by atoms with van der Waals surface area (Å²) in [6.45, 7) is 4.13. The lowest BCUT2D eigenvalue weighted by Crippen LogP contribution is -2.53. The highest BCUT2D eigenvalue weighted by Gasteiger charge is 2.39. The molecule has 5 aliphatic heterocycles. The number of nitrogens with one attached hydrogen (secondary N) is 2. The third-order valence-corrected chi connectivity index (χ3v) is 6.70. The van der Waals surface area contributed by atoms with Gasteiger partial charge in [-0.15, -0.1) is 0 Å². The Morgan fingerprint density at radius 3 is 2.50 bits per heavy atom. The molecular weight excluding hydrogens is 492 g/mol. The second-order valence-corrected chi connectivity index (χ2v) is 9.76. The lowest BCUT2D eigenvalue weighted by Gasteiger charge is -2.34. The summed E-state index contributed by atoms with van der Waals surface area (Å²) in [5.41, 5.74) is 3.73. The lowest BCUT2D eigenvalue weighted by molar-refractivity contribution is -0.144. The summed E-state index contributed by atoms with van der Waals surface area (Å²) in [7, 11) is 0. The molecule has 1 unspecified atom stereocenters. The first-order valence-electron chi connectivity index (χ1n) is 12.5. The zero-order valence-electron chi connectivity index (χ0n) is 21.0. The zero-order valence-corrected chi connectivity index (χ0v) is 21.0. The van der Waals surface area contributed by atoms with Gasteiger partial charge in [-0.2, -0.15) is 8.78 Å². The number of nitrogens with zero attached hydrogens (tertiary/aromatic N) is 5. The van der Waals surface area contributed by atoms with Crippen LogP contribution in [0.15, 0.2) is 54.9 Å². The molecule has 5 aliphatic rings. The molecule has 0 spiro atoms. The molecule has 9 nitrogen and oxygen atoms in total. The van der Waals surface area contributed by atoms with Crippen LogP contribution in [0.2, 0.25) is 0 Å². The van der Waals surface area contributed by atoms with Crippen LogP contribution >= 0.6 is 0 Å². The molecular formula is C27H29F2N7O2. The van der Waals surface area contributed by atoms with E-state index in [1.54, 1.807) is 30.6 Å². The van der Waals surface area contributed by atoms with Crippen LogP contribution in [0.25, 0.3) is 11.3 Å². The number of aromatic nitrogens is 3. The monoisotopic (exact) mass is 521 g/mol. The number of hydrogen-bond donors (Lipinski definition) is 2. The maximum atomic E-state index is 14.0. The van der Waals surface area contributed by atoms with Gasteiger partial charge in [-0.05, 0) is 35.9 Å². The maximum Gasteiger partial charge on any atom is 0.304 e. The summed E-state index contributed by atoms with van der Waals surface area (Å²) in [6, 6.07) is 11.8. The number of hydrogen-bond acceptors (Lipinski definition) is 8. The Morgan fingerprint density at radius 2 is 1.79 bits per heavy atom. The average Bonchev–Trinajstić information content (AvgIpc) is 2.89. The number of amides is 1. The highest BCUT2D eigenvalue weighted by atomic mass is 19.3. The number of pyridine rings is 1. The minimum absolute atomic E-state index is 0.0347. The Kier molecular flexibility index (Phi) is 7.39. The molecule has 11 heteroatoms. The molecule has 0 radical (unpaired) electrons. The Bertz CT molecular complexity index is 1310. The third kappa shape index (κ3) is 6.35. The van der Waals surface area contributed by atoms with Gasteiger partial charge in [-0.1, -0.05) is 12.1 Å². The molecule has 1 fully saturated rings. The molecule has 38 heavy (non-hydrogen) atoms. The summed E-state index contributed by atoms with van der Waals surface area (Å²) in [5.74, 6) is -4.96. The van der Waals surface area contributed by atoms with Crippen LogP contribution in [0.3, 0.4) is 0 Å². The van der Waals surface area contributed by atoms with Gasteiger partial charge in [0.05, 0.1) is 18.3 Å². The van der Waals surface area contributed by atoms with Crippen molar-refractivity contribution in [1.82, 2.24) is 30.1 Å². The predicted molar refractivity (Wildman–Crippen MR) is 138 cm³/mol. The van der Waals surface area contributed by atoms with Gasteiger partial charge in [-0.3, -0.25) is 24.4 Å². The van der Waals surface area contributed by atoms with Crippen molar-refractivity contribution >= 4 is 23.3 Å². The molecule has 2 aromatic heterocycles. The molecule has 2 N–H and O–H groups in total. The number of halogens is 2. The minimum atomic E-state index is -3.59. The number of Topliss-reactive ketones (excluding diaryl/α,β-unsaturated/α-hetero) is 1. The number of piperazine rings is 1. The van der Waals surface area contributed by atoms with Crippen LogP contribution in [0.5, 0.6) is 0 Å². The fourth-order valence-corrected chi connectivity index (χ4v) is 4.68. The molecule has 1 amide bonds. The van der Waals surface area contributed by atoms with Gasteiger partial charge in [-0.25, -0.2) is 9.97 Å². The maximum absolute atomic E-state index is 14.0. The molecule has 3 aromatic rings. The van der Waals surface area contributed by atoms with Crippen molar-refractivity contribution in [3.05, 3.63) is 66.1 Å². The smallest absolute Gasteiger partial charge is 0.304 e. The average molecular weight is 522 g/mol. The summed E-state index contributed by atoms with van der Waals surface area (Å²) in [6.07, 6.45) is 3.07. The van der Waals surface area contributed by atoms with E-state index in [-0.39, 0.29) is 13.0 Å².